The van der Waals surface area contributed by atoms with Gasteiger partial charge in [0.05, 0.1) is 0 Å². The molecule has 0 spiro atoms. The summed E-state index contributed by atoms with van der Waals surface area (Å²) in [6.45, 7) is 11.5. The Balaban J connectivity index is 2.03. The van der Waals surface area contributed by atoms with E-state index in [4.69, 9.17) is 9.15 Å². The van der Waals surface area contributed by atoms with Gasteiger partial charge < -0.3 is 19.8 Å². The highest BCUT2D eigenvalue weighted by Gasteiger charge is 2.20. The van der Waals surface area contributed by atoms with E-state index in [1.807, 2.05) is 41.5 Å². The molecule has 8 nitrogen and oxygen atoms in total. The molecule has 0 radical (unpaired) electrons. The molecule has 0 aliphatic heterocycles. The first-order chi connectivity index (χ1) is 13.2. The number of benzene rings is 1. The summed E-state index contributed by atoms with van der Waals surface area (Å²) in [5.74, 6) is 0.461. The number of fused-ring (bicyclic) bond motifs is 1. The van der Waals surface area contributed by atoms with Crippen LogP contribution in [0.25, 0.3) is 11.2 Å². The molecule has 0 aliphatic rings. The smallest absolute Gasteiger partial charge is 0.418 e. The van der Waals surface area contributed by atoms with E-state index in [0.717, 1.165) is 27.9 Å². The number of aromatic amines is 1. The van der Waals surface area contributed by atoms with Gasteiger partial charge in [0.25, 0.3) is 0 Å². The van der Waals surface area contributed by atoms with Crippen molar-refractivity contribution in [2.45, 2.75) is 47.6 Å². The molecule has 0 fully saturated rings. The lowest BCUT2D eigenvalue weighted by molar-refractivity contribution is 0.250. The van der Waals surface area contributed by atoms with Crippen LogP contribution in [0.4, 0.5) is 10.5 Å². The maximum absolute atomic E-state index is 12.2. The number of carbonyl (C=O) groups is 1. The minimum atomic E-state index is -0.588. The Morgan fingerprint density at radius 1 is 1.14 bits per heavy atom. The van der Waals surface area contributed by atoms with Gasteiger partial charge in [0.2, 0.25) is 5.58 Å². The second-order valence-corrected chi connectivity index (χ2v) is 7.06. The van der Waals surface area contributed by atoms with Gasteiger partial charge in [-0.15, -0.1) is 0 Å². The summed E-state index contributed by atoms with van der Waals surface area (Å²) >= 11 is 0. The van der Waals surface area contributed by atoms with Crippen LogP contribution < -0.4 is 21.1 Å². The van der Waals surface area contributed by atoms with Gasteiger partial charge in [-0.25, -0.2) is 14.6 Å². The molecule has 0 saturated heterocycles. The van der Waals surface area contributed by atoms with Crippen LogP contribution in [0.2, 0.25) is 0 Å². The summed E-state index contributed by atoms with van der Waals surface area (Å²) in [6, 6.07) is 1.43. The number of nitrogens with zero attached hydrogens (tertiary/aromatic N) is 1. The van der Waals surface area contributed by atoms with E-state index in [9.17, 15) is 9.59 Å². The highest BCUT2D eigenvalue weighted by molar-refractivity contribution is 5.92. The molecule has 0 bridgehead atoms. The van der Waals surface area contributed by atoms with Crippen LogP contribution in [-0.2, 0) is 0 Å². The van der Waals surface area contributed by atoms with Crippen LogP contribution in [0, 0.1) is 27.7 Å². The number of urea groups is 1. The Bertz CT molecular complexity index is 1080. The average molecular weight is 384 g/mol. The fourth-order valence-electron chi connectivity index (χ4n) is 3.05. The number of aromatic nitrogens is 2. The third kappa shape index (κ3) is 3.58. The first kappa shape index (κ1) is 19.5. The Morgan fingerprint density at radius 2 is 1.79 bits per heavy atom. The second kappa shape index (κ2) is 7.38. The molecule has 0 aliphatic carbocycles. The molecule has 3 rings (SSSR count). The van der Waals surface area contributed by atoms with E-state index in [1.165, 1.54) is 0 Å². The number of amides is 2. The Kier molecular flexibility index (Phi) is 5.13. The highest BCUT2D eigenvalue weighted by Crippen LogP contribution is 2.39. The summed E-state index contributed by atoms with van der Waals surface area (Å²) in [4.78, 5) is 30.3. The number of hydrogen-bond acceptors (Lipinski definition) is 5. The Hall–Kier alpha value is -3.29. The molecule has 148 valence electrons. The normalized spacial score (nSPS) is 11.1. The van der Waals surface area contributed by atoms with Crippen molar-refractivity contribution < 1.29 is 13.9 Å². The summed E-state index contributed by atoms with van der Waals surface area (Å²) in [6.07, 6.45) is 1.54. The molecule has 2 amide bonds. The van der Waals surface area contributed by atoms with E-state index in [0.29, 0.717) is 17.1 Å². The minimum Gasteiger partial charge on any atom is -0.453 e. The van der Waals surface area contributed by atoms with E-state index < -0.39 is 5.76 Å². The van der Waals surface area contributed by atoms with E-state index >= 15 is 0 Å². The molecule has 0 atom stereocenters. The largest absolute Gasteiger partial charge is 0.453 e. The zero-order valence-electron chi connectivity index (χ0n) is 16.8. The molecule has 0 saturated carbocycles. The van der Waals surface area contributed by atoms with Gasteiger partial charge in [-0.3, -0.25) is 4.98 Å². The molecule has 0 unspecified atom stereocenters. The predicted molar refractivity (Wildman–Crippen MR) is 107 cm³/mol. The second-order valence-electron chi connectivity index (χ2n) is 7.06. The fourth-order valence-corrected chi connectivity index (χ4v) is 3.05. The third-order valence-electron chi connectivity index (χ3n) is 4.71. The zero-order valence-corrected chi connectivity index (χ0v) is 16.8. The molecule has 3 aromatic rings. The number of pyridine rings is 1. The van der Waals surface area contributed by atoms with Gasteiger partial charge in [0.15, 0.2) is 11.4 Å². The summed E-state index contributed by atoms with van der Waals surface area (Å²) in [5, 5.41) is 5.76. The lowest BCUT2D eigenvalue weighted by atomic mass is 9.97. The lowest BCUT2D eigenvalue weighted by Gasteiger charge is -2.21. The Labute approximate surface area is 162 Å². The van der Waals surface area contributed by atoms with Crippen molar-refractivity contribution >= 4 is 22.9 Å². The summed E-state index contributed by atoms with van der Waals surface area (Å²) < 4.78 is 11.3. The first-order valence-electron chi connectivity index (χ1n) is 9.02. The quantitative estimate of drug-likeness (QED) is 0.628. The van der Waals surface area contributed by atoms with E-state index in [-0.39, 0.29) is 17.7 Å². The monoisotopic (exact) mass is 384 g/mol. The molecule has 3 N–H and O–H groups in total. The average Bonchev–Trinajstić information content (AvgIpc) is 3.01. The van der Waals surface area contributed by atoms with Gasteiger partial charge in [-0.1, -0.05) is 0 Å². The van der Waals surface area contributed by atoms with Crippen molar-refractivity contribution in [1.82, 2.24) is 15.3 Å². The number of oxazole rings is 1. The molecule has 2 aromatic heterocycles. The number of anilines is 1. The van der Waals surface area contributed by atoms with Crippen molar-refractivity contribution in [2.24, 2.45) is 0 Å². The molecular weight excluding hydrogens is 360 g/mol. The summed E-state index contributed by atoms with van der Waals surface area (Å²) in [7, 11) is 0. The number of H-pyrrole nitrogens is 1. The van der Waals surface area contributed by atoms with Gasteiger partial charge in [-0.2, -0.15) is 0 Å². The van der Waals surface area contributed by atoms with Gasteiger partial charge in [0, 0.05) is 24.0 Å². The van der Waals surface area contributed by atoms with Crippen LogP contribution in [0.3, 0.4) is 0 Å². The van der Waals surface area contributed by atoms with Gasteiger partial charge in [-0.05, 0) is 63.8 Å². The standard InChI is InChI=1S/C20H24N4O4/c1-9(2)22-19(25)23-15-10(3)12(5)16(13(6)11(15)4)27-14-7-8-21-18-17(14)28-20(26)24-18/h7-9H,1-6H3,(H,21,24,26)(H2,22,23,25). The highest BCUT2D eigenvalue weighted by atomic mass is 16.5. The molecule has 8 heteroatoms. The van der Waals surface area contributed by atoms with Crippen molar-refractivity contribution in [3.05, 3.63) is 45.1 Å². The maximum Gasteiger partial charge on any atom is 0.418 e. The Morgan fingerprint density at radius 3 is 2.39 bits per heavy atom. The van der Waals surface area contributed by atoms with Crippen molar-refractivity contribution in [3.8, 4) is 11.5 Å². The fraction of sp³-hybridized carbons (Fsp3) is 0.350. The molecule has 28 heavy (non-hydrogen) atoms. The third-order valence-corrected chi connectivity index (χ3v) is 4.71. The van der Waals surface area contributed by atoms with Crippen molar-refractivity contribution in [1.29, 1.82) is 0 Å². The van der Waals surface area contributed by atoms with Crippen LogP contribution in [0.5, 0.6) is 11.5 Å². The van der Waals surface area contributed by atoms with Crippen molar-refractivity contribution in [2.75, 3.05) is 5.32 Å². The van der Waals surface area contributed by atoms with Crippen LogP contribution in [0.1, 0.15) is 36.1 Å². The predicted octanol–water partition coefficient (Wildman–Crippen LogP) is 4.07. The maximum atomic E-state index is 12.2. The number of hydrogen-bond donors (Lipinski definition) is 3. The lowest BCUT2D eigenvalue weighted by Crippen LogP contribution is -2.34. The van der Waals surface area contributed by atoms with Crippen LogP contribution in [0.15, 0.2) is 21.5 Å². The molecule has 1 aromatic carbocycles. The van der Waals surface area contributed by atoms with Crippen LogP contribution >= 0.6 is 0 Å². The SMILES string of the molecule is Cc1c(C)c(Oc2ccnc3[nH]c(=O)oc23)c(C)c(C)c1NC(=O)NC(C)C. The van der Waals surface area contributed by atoms with Gasteiger partial charge >= 0.3 is 11.8 Å². The number of rotatable bonds is 4. The van der Waals surface area contributed by atoms with Crippen molar-refractivity contribution in [3.63, 3.8) is 0 Å². The topological polar surface area (TPSA) is 109 Å². The number of ether oxygens (including phenoxy) is 1. The summed E-state index contributed by atoms with van der Waals surface area (Å²) in [5.41, 5.74) is 4.91. The molecular formula is C20H24N4O4. The first-order valence-corrected chi connectivity index (χ1v) is 9.02. The molecule has 2 heterocycles. The zero-order chi connectivity index (χ0) is 20.6. The van der Waals surface area contributed by atoms with Gasteiger partial charge in [0.1, 0.15) is 5.75 Å². The minimum absolute atomic E-state index is 0.0375. The number of nitrogens with one attached hydrogen (secondary N) is 3. The van der Waals surface area contributed by atoms with E-state index in [1.54, 1.807) is 12.3 Å². The van der Waals surface area contributed by atoms with Crippen LogP contribution in [-0.4, -0.2) is 22.0 Å². The number of carbonyl (C=O) groups excluding carboxylic acids is 1. The van der Waals surface area contributed by atoms with E-state index in [2.05, 4.69) is 20.6 Å².